The Kier molecular flexibility index (Phi) is 3.75. The lowest BCUT2D eigenvalue weighted by molar-refractivity contribution is -0.0142. The predicted molar refractivity (Wildman–Crippen MR) is 59.7 cm³/mol. The molecule has 82 valence electrons. The summed E-state index contributed by atoms with van der Waals surface area (Å²) in [5, 5.41) is 0. The Morgan fingerprint density at radius 2 is 2.07 bits per heavy atom. The van der Waals surface area contributed by atoms with E-state index in [2.05, 4.69) is 19.1 Å². The second-order valence-corrected chi connectivity index (χ2v) is 4.15. The molecule has 0 amide bonds. The van der Waals surface area contributed by atoms with E-state index < -0.39 is 0 Å². The van der Waals surface area contributed by atoms with Gasteiger partial charge in [0.15, 0.2) is 0 Å². The average Bonchev–Trinajstić information content (AvgIpc) is 2.66. The summed E-state index contributed by atoms with van der Waals surface area (Å²) < 4.78 is 11.3. The number of hydrogen-bond acceptors (Lipinski definition) is 2. The van der Waals surface area contributed by atoms with Crippen molar-refractivity contribution in [2.24, 2.45) is 0 Å². The Labute approximate surface area is 91.2 Å². The summed E-state index contributed by atoms with van der Waals surface area (Å²) in [6, 6.07) is 10.3. The molecule has 0 aromatic heterocycles. The molecule has 0 saturated carbocycles. The summed E-state index contributed by atoms with van der Waals surface area (Å²) in [5.41, 5.74) is 1.23. The normalized spacial score (nSPS) is 25.7. The van der Waals surface area contributed by atoms with Gasteiger partial charge in [0.2, 0.25) is 0 Å². The molecule has 0 radical (unpaired) electrons. The van der Waals surface area contributed by atoms with Crippen molar-refractivity contribution < 1.29 is 9.47 Å². The maximum Gasteiger partial charge on any atom is 0.0813 e. The van der Waals surface area contributed by atoms with Gasteiger partial charge in [-0.15, -0.1) is 0 Å². The van der Waals surface area contributed by atoms with Crippen molar-refractivity contribution in [3.05, 3.63) is 35.9 Å². The molecule has 1 aliphatic heterocycles. The zero-order valence-corrected chi connectivity index (χ0v) is 9.19. The van der Waals surface area contributed by atoms with Gasteiger partial charge in [0.25, 0.3) is 0 Å². The van der Waals surface area contributed by atoms with E-state index in [1.54, 1.807) is 0 Å². The van der Waals surface area contributed by atoms with Crippen LogP contribution >= 0.6 is 0 Å². The molecule has 1 unspecified atom stereocenters. The van der Waals surface area contributed by atoms with E-state index in [4.69, 9.17) is 9.47 Å². The van der Waals surface area contributed by atoms with Crippen LogP contribution < -0.4 is 0 Å². The highest BCUT2D eigenvalue weighted by atomic mass is 16.5. The average molecular weight is 206 g/mol. The molecule has 1 aliphatic rings. The van der Waals surface area contributed by atoms with Crippen molar-refractivity contribution in [3.63, 3.8) is 0 Å². The highest BCUT2D eigenvalue weighted by Gasteiger charge is 2.21. The van der Waals surface area contributed by atoms with E-state index in [-0.39, 0.29) is 0 Å². The standard InChI is InChI=1S/C13H18O2/c1-11-7-8-13(15-11)10-14-9-12-5-3-2-4-6-12/h2-6,11,13H,7-10H2,1H3/t11?,13-/m1/s1. The van der Waals surface area contributed by atoms with E-state index in [1.165, 1.54) is 12.0 Å². The maximum atomic E-state index is 5.67. The van der Waals surface area contributed by atoms with Gasteiger partial charge in [-0.05, 0) is 25.3 Å². The molecule has 15 heavy (non-hydrogen) atoms. The topological polar surface area (TPSA) is 18.5 Å². The van der Waals surface area contributed by atoms with E-state index in [1.807, 2.05) is 18.2 Å². The summed E-state index contributed by atoms with van der Waals surface area (Å²) >= 11 is 0. The van der Waals surface area contributed by atoms with Crippen LogP contribution in [-0.2, 0) is 16.1 Å². The third-order valence-corrected chi connectivity index (χ3v) is 2.74. The van der Waals surface area contributed by atoms with Gasteiger partial charge < -0.3 is 9.47 Å². The fourth-order valence-electron chi connectivity index (χ4n) is 1.89. The summed E-state index contributed by atoms with van der Waals surface area (Å²) in [5.74, 6) is 0. The predicted octanol–water partition coefficient (Wildman–Crippen LogP) is 2.77. The largest absolute Gasteiger partial charge is 0.374 e. The summed E-state index contributed by atoms with van der Waals surface area (Å²) in [6.45, 7) is 3.53. The lowest BCUT2D eigenvalue weighted by Crippen LogP contribution is -2.15. The highest BCUT2D eigenvalue weighted by Crippen LogP contribution is 2.19. The Hall–Kier alpha value is -0.860. The molecule has 0 aliphatic carbocycles. The molecule has 1 heterocycles. The first-order valence-corrected chi connectivity index (χ1v) is 5.62. The lowest BCUT2D eigenvalue weighted by atomic mass is 10.2. The van der Waals surface area contributed by atoms with Gasteiger partial charge in [-0.2, -0.15) is 0 Å². The first-order chi connectivity index (χ1) is 7.34. The minimum absolute atomic E-state index is 0.309. The van der Waals surface area contributed by atoms with Crippen LogP contribution in [0, 0.1) is 0 Å². The van der Waals surface area contributed by atoms with Crippen LogP contribution in [0.4, 0.5) is 0 Å². The van der Waals surface area contributed by atoms with Gasteiger partial charge in [0.1, 0.15) is 0 Å². The quantitative estimate of drug-likeness (QED) is 0.754. The monoisotopic (exact) mass is 206 g/mol. The number of benzene rings is 1. The molecule has 1 aromatic carbocycles. The summed E-state index contributed by atoms with van der Waals surface area (Å²) in [7, 11) is 0. The molecule has 0 N–H and O–H groups in total. The van der Waals surface area contributed by atoms with Crippen molar-refractivity contribution in [1.82, 2.24) is 0 Å². The van der Waals surface area contributed by atoms with E-state index >= 15 is 0 Å². The SMILES string of the molecule is CC1CC[C@H](COCc2ccccc2)O1. The molecule has 1 aromatic rings. The van der Waals surface area contributed by atoms with Crippen LogP contribution in [0.1, 0.15) is 25.3 Å². The molecule has 0 bridgehead atoms. The first kappa shape index (κ1) is 10.7. The van der Waals surface area contributed by atoms with Gasteiger partial charge in [0, 0.05) is 0 Å². The smallest absolute Gasteiger partial charge is 0.0813 e. The molecular weight excluding hydrogens is 188 g/mol. The van der Waals surface area contributed by atoms with Gasteiger partial charge in [-0.1, -0.05) is 30.3 Å². The van der Waals surface area contributed by atoms with Crippen molar-refractivity contribution in [2.45, 2.75) is 38.6 Å². The molecule has 1 fully saturated rings. The van der Waals surface area contributed by atoms with E-state index in [0.717, 1.165) is 13.0 Å². The van der Waals surface area contributed by atoms with Crippen molar-refractivity contribution in [1.29, 1.82) is 0 Å². The number of rotatable bonds is 4. The number of hydrogen-bond donors (Lipinski definition) is 0. The molecule has 1 saturated heterocycles. The molecule has 0 spiro atoms. The van der Waals surface area contributed by atoms with Crippen molar-refractivity contribution in [3.8, 4) is 0 Å². The van der Waals surface area contributed by atoms with Gasteiger partial charge >= 0.3 is 0 Å². The fraction of sp³-hybridized carbons (Fsp3) is 0.538. The number of ether oxygens (including phenoxy) is 2. The van der Waals surface area contributed by atoms with Crippen molar-refractivity contribution in [2.75, 3.05) is 6.61 Å². The van der Waals surface area contributed by atoms with Crippen molar-refractivity contribution >= 4 is 0 Å². The lowest BCUT2D eigenvalue weighted by Gasteiger charge is -2.11. The third kappa shape index (κ3) is 3.33. The zero-order valence-electron chi connectivity index (χ0n) is 9.19. The van der Waals surface area contributed by atoms with E-state index in [0.29, 0.717) is 18.8 Å². The second kappa shape index (κ2) is 5.29. The highest BCUT2D eigenvalue weighted by molar-refractivity contribution is 5.13. The van der Waals surface area contributed by atoms with Crippen LogP contribution in [0.5, 0.6) is 0 Å². The van der Waals surface area contributed by atoms with E-state index in [9.17, 15) is 0 Å². The minimum Gasteiger partial charge on any atom is -0.374 e. The van der Waals surface area contributed by atoms with Crippen LogP contribution in [0.15, 0.2) is 30.3 Å². The van der Waals surface area contributed by atoms with Gasteiger partial charge in [0.05, 0.1) is 25.4 Å². The summed E-state index contributed by atoms with van der Waals surface area (Å²) in [6.07, 6.45) is 3.02. The fourth-order valence-corrected chi connectivity index (χ4v) is 1.89. The zero-order chi connectivity index (χ0) is 10.5. The summed E-state index contributed by atoms with van der Waals surface area (Å²) in [4.78, 5) is 0. The molecule has 2 heteroatoms. The Morgan fingerprint density at radius 1 is 1.27 bits per heavy atom. The Balaban J connectivity index is 1.67. The van der Waals surface area contributed by atoms with Gasteiger partial charge in [-0.3, -0.25) is 0 Å². The van der Waals surface area contributed by atoms with Gasteiger partial charge in [-0.25, -0.2) is 0 Å². The second-order valence-electron chi connectivity index (χ2n) is 4.15. The molecular formula is C13H18O2. The molecule has 2 nitrogen and oxygen atoms in total. The Bertz CT molecular complexity index is 284. The Morgan fingerprint density at radius 3 is 2.73 bits per heavy atom. The first-order valence-electron chi connectivity index (χ1n) is 5.62. The van der Waals surface area contributed by atoms with Crippen LogP contribution in [0.2, 0.25) is 0 Å². The van der Waals surface area contributed by atoms with Crippen LogP contribution in [0.3, 0.4) is 0 Å². The van der Waals surface area contributed by atoms with Crippen LogP contribution in [-0.4, -0.2) is 18.8 Å². The molecule has 2 rings (SSSR count). The minimum atomic E-state index is 0.309. The van der Waals surface area contributed by atoms with Crippen LogP contribution in [0.25, 0.3) is 0 Å². The third-order valence-electron chi connectivity index (χ3n) is 2.74. The maximum absolute atomic E-state index is 5.67. The molecule has 2 atom stereocenters.